The van der Waals surface area contributed by atoms with Crippen molar-refractivity contribution in [3.63, 3.8) is 0 Å². The van der Waals surface area contributed by atoms with Crippen LogP contribution >= 0.6 is 0 Å². The molecule has 0 spiro atoms. The molecule has 1 aliphatic carbocycles. The lowest BCUT2D eigenvalue weighted by Gasteiger charge is -2.07. The molecule has 1 heterocycles. The van der Waals surface area contributed by atoms with Crippen LogP contribution in [0.4, 0.5) is 0 Å². The summed E-state index contributed by atoms with van der Waals surface area (Å²) in [7, 11) is 0. The highest BCUT2D eigenvalue weighted by molar-refractivity contribution is 5.00. The van der Waals surface area contributed by atoms with Gasteiger partial charge in [-0.15, -0.1) is 0 Å². The van der Waals surface area contributed by atoms with E-state index in [1.165, 1.54) is 12.8 Å². The summed E-state index contributed by atoms with van der Waals surface area (Å²) in [5.41, 5.74) is 0.918. The zero-order chi connectivity index (χ0) is 11.2. The van der Waals surface area contributed by atoms with Crippen LogP contribution in [-0.4, -0.2) is 17.6 Å². The van der Waals surface area contributed by atoms with Crippen LogP contribution in [0.1, 0.15) is 44.7 Å². The third-order valence-electron chi connectivity index (χ3n) is 2.83. The molecule has 0 bridgehead atoms. The number of aromatic nitrogens is 1. The van der Waals surface area contributed by atoms with E-state index in [2.05, 4.69) is 17.2 Å². The van der Waals surface area contributed by atoms with Gasteiger partial charge in [0.25, 0.3) is 0 Å². The minimum Gasteiger partial charge on any atom is -0.447 e. The Kier molecular flexibility index (Phi) is 4.22. The molecule has 0 aliphatic heterocycles. The molecule has 0 atom stereocenters. The van der Waals surface area contributed by atoms with Gasteiger partial charge >= 0.3 is 6.08 Å². The van der Waals surface area contributed by atoms with Crippen molar-refractivity contribution in [2.75, 3.05) is 6.54 Å². The molecule has 1 N–H and O–H groups in total. The maximum absolute atomic E-state index is 5.66. The molecule has 1 fully saturated rings. The third-order valence-corrected chi connectivity index (χ3v) is 2.83. The maximum atomic E-state index is 5.66. The maximum Gasteiger partial charge on any atom is 0.394 e. The van der Waals surface area contributed by atoms with Gasteiger partial charge < -0.3 is 14.5 Å². The minimum atomic E-state index is 0.315. The summed E-state index contributed by atoms with van der Waals surface area (Å²) >= 11 is 0. The second-order valence-electron chi connectivity index (χ2n) is 4.31. The molecule has 4 heteroatoms. The smallest absolute Gasteiger partial charge is 0.394 e. The third kappa shape index (κ3) is 3.23. The predicted molar refractivity (Wildman–Crippen MR) is 61.4 cm³/mol. The van der Waals surface area contributed by atoms with E-state index < -0.39 is 0 Å². The Labute approximate surface area is 96.4 Å². The molecule has 2 rings (SSSR count). The molecule has 16 heavy (non-hydrogen) atoms. The summed E-state index contributed by atoms with van der Waals surface area (Å²) in [6.07, 6.45) is 8.33. The van der Waals surface area contributed by atoms with Gasteiger partial charge in [0.15, 0.2) is 0 Å². The molecule has 4 nitrogen and oxygen atoms in total. The Hall–Kier alpha value is -1.03. The van der Waals surface area contributed by atoms with Crippen LogP contribution in [0, 0.1) is 0 Å². The van der Waals surface area contributed by atoms with E-state index in [9.17, 15) is 0 Å². The summed E-state index contributed by atoms with van der Waals surface area (Å²) in [6.45, 7) is 3.90. The average molecular weight is 224 g/mol. The van der Waals surface area contributed by atoms with Gasteiger partial charge in [-0.05, 0) is 38.6 Å². The quantitative estimate of drug-likeness (QED) is 0.754. The van der Waals surface area contributed by atoms with E-state index in [1.807, 2.05) is 0 Å². The summed E-state index contributed by atoms with van der Waals surface area (Å²) in [5.74, 6) is 0. The highest BCUT2D eigenvalue weighted by atomic mass is 16.6. The fraction of sp³-hybridized carbons (Fsp3) is 0.750. The van der Waals surface area contributed by atoms with Gasteiger partial charge in [0.2, 0.25) is 0 Å². The van der Waals surface area contributed by atoms with Crippen LogP contribution in [0.3, 0.4) is 0 Å². The number of oxazole rings is 1. The average Bonchev–Trinajstić information content (AvgIpc) is 2.91. The molecule has 0 saturated heterocycles. The van der Waals surface area contributed by atoms with Crippen molar-refractivity contribution in [2.24, 2.45) is 0 Å². The topological polar surface area (TPSA) is 47.3 Å². The van der Waals surface area contributed by atoms with Crippen molar-refractivity contribution in [1.29, 1.82) is 0 Å². The molecule has 0 unspecified atom stereocenters. The Bertz CT molecular complexity index is 306. The van der Waals surface area contributed by atoms with Gasteiger partial charge in [0, 0.05) is 6.54 Å². The number of hydrogen-bond acceptors (Lipinski definition) is 4. The van der Waals surface area contributed by atoms with Gasteiger partial charge in [0.1, 0.15) is 12.4 Å². The van der Waals surface area contributed by atoms with Crippen molar-refractivity contribution >= 4 is 0 Å². The van der Waals surface area contributed by atoms with Crippen LogP contribution in [0.15, 0.2) is 10.7 Å². The van der Waals surface area contributed by atoms with Crippen LogP contribution in [0.5, 0.6) is 6.08 Å². The van der Waals surface area contributed by atoms with E-state index in [0.29, 0.717) is 12.2 Å². The molecule has 90 valence electrons. The SMILES string of the molecule is CCCNCc1coc(OC2CCCC2)n1. The Morgan fingerprint density at radius 2 is 2.31 bits per heavy atom. The van der Waals surface area contributed by atoms with Crippen molar-refractivity contribution < 1.29 is 9.15 Å². The predicted octanol–water partition coefficient (Wildman–Crippen LogP) is 2.50. The molecular formula is C12H20N2O2. The Morgan fingerprint density at radius 1 is 1.50 bits per heavy atom. The van der Waals surface area contributed by atoms with E-state index in [4.69, 9.17) is 9.15 Å². The molecule has 0 radical (unpaired) electrons. The molecule has 1 aromatic heterocycles. The number of rotatable bonds is 6. The molecule has 0 aromatic carbocycles. The van der Waals surface area contributed by atoms with E-state index in [1.54, 1.807) is 6.26 Å². The molecule has 0 amide bonds. The zero-order valence-electron chi connectivity index (χ0n) is 9.87. The molecule has 1 aromatic rings. The summed E-state index contributed by atoms with van der Waals surface area (Å²) in [5, 5.41) is 3.28. The van der Waals surface area contributed by atoms with Gasteiger partial charge in [-0.1, -0.05) is 6.92 Å². The zero-order valence-corrected chi connectivity index (χ0v) is 9.87. The van der Waals surface area contributed by atoms with Crippen LogP contribution in [0.2, 0.25) is 0 Å². The first-order valence-electron chi connectivity index (χ1n) is 6.20. The number of hydrogen-bond donors (Lipinski definition) is 1. The fourth-order valence-corrected chi connectivity index (χ4v) is 1.97. The van der Waals surface area contributed by atoms with Crippen molar-refractivity contribution in [2.45, 2.75) is 51.7 Å². The second kappa shape index (κ2) is 5.89. The minimum absolute atomic E-state index is 0.315. The number of nitrogens with zero attached hydrogens (tertiary/aromatic N) is 1. The first-order valence-corrected chi connectivity index (χ1v) is 6.20. The molecule has 1 saturated carbocycles. The van der Waals surface area contributed by atoms with Gasteiger partial charge in [-0.2, -0.15) is 4.98 Å². The van der Waals surface area contributed by atoms with Crippen LogP contribution in [0.25, 0.3) is 0 Å². The van der Waals surface area contributed by atoms with Crippen molar-refractivity contribution in [1.82, 2.24) is 10.3 Å². The van der Waals surface area contributed by atoms with E-state index >= 15 is 0 Å². The Balaban J connectivity index is 1.77. The van der Waals surface area contributed by atoms with Crippen molar-refractivity contribution in [3.8, 4) is 6.08 Å². The van der Waals surface area contributed by atoms with Gasteiger partial charge in [0.05, 0.1) is 5.69 Å². The summed E-state index contributed by atoms with van der Waals surface area (Å²) < 4.78 is 10.9. The first kappa shape index (κ1) is 11.5. The second-order valence-corrected chi connectivity index (χ2v) is 4.31. The molecular weight excluding hydrogens is 204 g/mol. The number of nitrogens with one attached hydrogen (secondary N) is 1. The van der Waals surface area contributed by atoms with Crippen LogP contribution < -0.4 is 10.1 Å². The summed E-state index contributed by atoms with van der Waals surface area (Å²) in [4.78, 5) is 4.29. The fourth-order valence-electron chi connectivity index (χ4n) is 1.97. The largest absolute Gasteiger partial charge is 0.447 e. The normalized spacial score (nSPS) is 16.8. The molecule has 1 aliphatic rings. The van der Waals surface area contributed by atoms with E-state index in [-0.39, 0.29) is 0 Å². The summed E-state index contributed by atoms with van der Waals surface area (Å²) in [6, 6.07) is 0. The Morgan fingerprint density at radius 3 is 3.06 bits per heavy atom. The lowest BCUT2D eigenvalue weighted by atomic mass is 10.3. The van der Waals surface area contributed by atoms with Crippen molar-refractivity contribution in [3.05, 3.63) is 12.0 Å². The lowest BCUT2D eigenvalue weighted by molar-refractivity contribution is 0.152. The van der Waals surface area contributed by atoms with E-state index in [0.717, 1.165) is 38.0 Å². The highest BCUT2D eigenvalue weighted by Gasteiger charge is 2.18. The van der Waals surface area contributed by atoms with Crippen LogP contribution in [-0.2, 0) is 6.54 Å². The highest BCUT2D eigenvalue weighted by Crippen LogP contribution is 2.23. The monoisotopic (exact) mass is 224 g/mol. The number of ether oxygens (including phenoxy) is 1. The van der Waals surface area contributed by atoms with Gasteiger partial charge in [-0.25, -0.2) is 0 Å². The van der Waals surface area contributed by atoms with Gasteiger partial charge in [-0.3, -0.25) is 0 Å². The first-order chi connectivity index (χ1) is 7.88. The standard InChI is InChI=1S/C12H20N2O2/c1-2-7-13-8-10-9-15-12(14-10)16-11-5-3-4-6-11/h9,11,13H,2-8H2,1H3. The lowest BCUT2D eigenvalue weighted by Crippen LogP contribution is -2.14.